The molecule has 1 aliphatic carbocycles. The zero-order valence-electron chi connectivity index (χ0n) is 27.0. The van der Waals surface area contributed by atoms with Gasteiger partial charge in [-0.2, -0.15) is 0 Å². The van der Waals surface area contributed by atoms with Gasteiger partial charge in [0.2, 0.25) is 0 Å². The van der Waals surface area contributed by atoms with Crippen molar-refractivity contribution < 1.29 is 33.8 Å². The minimum Gasteiger partial charge on any atom is -0.550 e. The fourth-order valence-electron chi connectivity index (χ4n) is 7.35. The number of carboxylic acids is 1. The molecule has 0 radical (unpaired) electrons. The molecule has 0 spiro atoms. The summed E-state index contributed by atoms with van der Waals surface area (Å²) in [6.07, 6.45) is 3.74. The summed E-state index contributed by atoms with van der Waals surface area (Å²) in [6.45, 7) is 13.3. The first kappa shape index (κ1) is 32.6. The molecule has 242 valence electrons. The van der Waals surface area contributed by atoms with Gasteiger partial charge in [0.25, 0.3) is 5.91 Å². The molecule has 2 aromatic heterocycles. The Balaban J connectivity index is 1.66. The van der Waals surface area contributed by atoms with Crippen molar-refractivity contribution in [3.8, 4) is 0 Å². The summed E-state index contributed by atoms with van der Waals surface area (Å²) < 4.78 is 5.10. The number of rotatable bonds is 11. The van der Waals surface area contributed by atoms with E-state index < -0.39 is 29.6 Å². The van der Waals surface area contributed by atoms with Crippen LogP contribution in [0.4, 0.5) is 0 Å². The predicted molar refractivity (Wildman–Crippen MR) is 169 cm³/mol. The van der Waals surface area contributed by atoms with Crippen LogP contribution in [0.2, 0.25) is 0 Å². The summed E-state index contributed by atoms with van der Waals surface area (Å²) in [5.41, 5.74) is 8.47. The molecule has 0 saturated heterocycles. The van der Waals surface area contributed by atoms with E-state index >= 15 is 0 Å². The number of aliphatic imine (C=N–C) groups is 1. The number of carboxylic acid groups (broad SMARTS) is 1. The van der Waals surface area contributed by atoms with Crippen molar-refractivity contribution in [3.63, 3.8) is 0 Å². The zero-order chi connectivity index (χ0) is 33.6. The van der Waals surface area contributed by atoms with E-state index in [9.17, 15) is 29.1 Å². The number of hydrogen-bond acceptors (Lipinski definition) is 8. The molecule has 1 amide bonds. The van der Waals surface area contributed by atoms with Gasteiger partial charge in [-0.1, -0.05) is 26.5 Å². The van der Waals surface area contributed by atoms with Gasteiger partial charge in [-0.25, -0.2) is 0 Å². The number of Topliss-reactive ketones (excluding diaryl/α,β-unsaturated/α-hetero) is 1. The molecular weight excluding hydrogens is 588 g/mol. The lowest BCUT2D eigenvalue weighted by atomic mass is 9.82. The highest BCUT2D eigenvalue weighted by molar-refractivity contribution is 6.24. The van der Waals surface area contributed by atoms with Gasteiger partial charge in [0.1, 0.15) is 5.92 Å². The smallest absolute Gasteiger partial charge is 0.321 e. The Morgan fingerprint density at radius 3 is 2.41 bits per heavy atom. The number of carbonyl (C=O) groups is 5. The van der Waals surface area contributed by atoms with Crippen molar-refractivity contribution in [2.75, 3.05) is 7.11 Å². The molecule has 0 saturated carbocycles. The Labute approximate surface area is 267 Å². The summed E-state index contributed by atoms with van der Waals surface area (Å²) in [5.74, 6) is -4.52. The lowest BCUT2D eigenvalue weighted by Gasteiger charge is -2.22. The van der Waals surface area contributed by atoms with E-state index in [4.69, 9.17) is 9.73 Å². The van der Waals surface area contributed by atoms with Crippen LogP contribution in [0, 0.1) is 31.6 Å². The van der Waals surface area contributed by atoms with Crippen LogP contribution >= 0.6 is 0 Å². The third kappa shape index (κ3) is 5.27. The van der Waals surface area contributed by atoms with Crippen LogP contribution < -0.4 is 10.4 Å². The van der Waals surface area contributed by atoms with Crippen LogP contribution in [0.15, 0.2) is 34.5 Å². The van der Waals surface area contributed by atoms with Crippen molar-refractivity contribution in [1.82, 2.24) is 15.3 Å². The van der Waals surface area contributed by atoms with E-state index in [-0.39, 0.29) is 30.7 Å². The second-order valence-corrected chi connectivity index (χ2v) is 12.3. The maximum Gasteiger partial charge on any atom is 0.321 e. The molecule has 3 aliphatic rings. The first-order valence-electron chi connectivity index (χ1n) is 15.5. The maximum absolute atomic E-state index is 14.0. The number of ether oxygens (including phenoxy) is 1. The molecule has 1 unspecified atom stereocenters. The largest absolute Gasteiger partial charge is 0.550 e. The maximum atomic E-state index is 14.0. The van der Waals surface area contributed by atoms with E-state index in [1.54, 1.807) is 0 Å². The monoisotopic (exact) mass is 627 g/mol. The second kappa shape index (κ2) is 12.5. The molecule has 0 aromatic carbocycles. The first-order chi connectivity index (χ1) is 21.9. The Kier molecular flexibility index (Phi) is 8.88. The van der Waals surface area contributed by atoms with E-state index in [0.29, 0.717) is 58.6 Å². The molecule has 5 rings (SSSR count). The van der Waals surface area contributed by atoms with Crippen molar-refractivity contribution >= 4 is 41.2 Å². The Bertz CT molecular complexity index is 1780. The number of aldehydes is 1. The van der Waals surface area contributed by atoms with Gasteiger partial charge in [0.05, 0.1) is 30.2 Å². The van der Waals surface area contributed by atoms with E-state index in [2.05, 4.69) is 21.9 Å². The number of allylic oxidation sites excluding steroid dienone is 1. The summed E-state index contributed by atoms with van der Waals surface area (Å²) in [7, 11) is 1.22. The summed E-state index contributed by atoms with van der Waals surface area (Å²) in [5, 5.41) is 14.6. The number of aromatic nitrogens is 2. The van der Waals surface area contributed by atoms with Crippen molar-refractivity contribution in [2.24, 2.45) is 22.7 Å². The summed E-state index contributed by atoms with van der Waals surface area (Å²) >= 11 is 0. The molecule has 11 heteroatoms. The van der Waals surface area contributed by atoms with E-state index in [0.717, 1.165) is 40.1 Å². The third-order valence-electron chi connectivity index (χ3n) is 9.98. The first-order valence-corrected chi connectivity index (χ1v) is 15.5. The highest BCUT2D eigenvalue weighted by Crippen LogP contribution is 2.48. The number of hydrogen-bond donors (Lipinski definition) is 3. The number of nitrogens with zero attached hydrogens (tertiary/aromatic N) is 1. The highest BCUT2D eigenvalue weighted by atomic mass is 16.5. The van der Waals surface area contributed by atoms with Gasteiger partial charge in [0, 0.05) is 64.5 Å². The number of aliphatic carboxylic acids is 1. The van der Waals surface area contributed by atoms with Gasteiger partial charge in [-0.15, -0.1) is 0 Å². The number of fused-ring (bicyclic) bond motifs is 1. The van der Waals surface area contributed by atoms with Gasteiger partial charge in [0.15, 0.2) is 12.1 Å². The SMILES string of the molecule is C=CC1=C(C)C(CC2=N/C(=C3\c4[nH]c(Cc5[nH]c(C=O)c(C)c5CC)c(C)c4C(=O)[C@@H]3C(=O)OC)[C@@H](CCC(=O)[O-])[C@@H]2C)NC1=O. The van der Waals surface area contributed by atoms with Crippen molar-refractivity contribution in [1.29, 1.82) is 0 Å². The van der Waals surface area contributed by atoms with Gasteiger partial charge >= 0.3 is 5.97 Å². The average Bonchev–Trinajstić information content (AvgIpc) is 3.76. The van der Waals surface area contributed by atoms with Gasteiger partial charge in [-0.3, -0.25) is 24.2 Å². The standard InChI is InChI=1S/C35H40N4O7/c1-8-19-15(3)26(14-40)36-25(19)13-24-18(6)28-32(38-24)29(30(33(28)43)35(45)46-7)31-21(10-11-27(41)42)17(5)22(37-31)12-23-16(4)20(9-2)34(44)39-23/h9,14,17,21,23,30,36,38H,2,8,10-13H2,1,3-7H3,(H,39,44)(H,41,42)/p-1/b31-29-/t17-,21-,23?,30+/m0/s1. The summed E-state index contributed by atoms with van der Waals surface area (Å²) in [6, 6.07) is -0.322. The van der Waals surface area contributed by atoms with Crippen LogP contribution in [0.3, 0.4) is 0 Å². The van der Waals surface area contributed by atoms with Gasteiger partial charge < -0.3 is 29.9 Å². The van der Waals surface area contributed by atoms with Gasteiger partial charge in [-0.05, 0) is 62.3 Å². The minimum absolute atomic E-state index is 0.180. The second-order valence-electron chi connectivity index (χ2n) is 12.3. The predicted octanol–water partition coefficient (Wildman–Crippen LogP) is 3.25. The van der Waals surface area contributed by atoms with Crippen LogP contribution in [0.1, 0.15) is 94.7 Å². The quantitative estimate of drug-likeness (QED) is 0.195. The average molecular weight is 628 g/mol. The van der Waals surface area contributed by atoms with Crippen LogP contribution in [-0.4, -0.2) is 58.7 Å². The van der Waals surface area contributed by atoms with Crippen LogP contribution in [-0.2, 0) is 32.0 Å². The number of carbonyl (C=O) groups excluding carboxylic acids is 5. The highest BCUT2D eigenvalue weighted by Gasteiger charge is 2.48. The molecule has 2 aromatic rings. The molecule has 46 heavy (non-hydrogen) atoms. The van der Waals surface area contributed by atoms with E-state index in [1.807, 2.05) is 34.6 Å². The lowest BCUT2D eigenvalue weighted by molar-refractivity contribution is -0.306. The molecule has 0 fully saturated rings. The molecule has 4 atom stereocenters. The van der Waals surface area contributed by atoms with Crippen LogP contribution in [0.25, 0.3) is 5.57 Å². The Hall–Kier alpha value is -4.80. The number of ketones is 1. The Morgan fingerprint density at radius 2 is 1.83 bits per heavy atom. The van der Waals surface area contributed by atoms with Crippen LogP contribution in [0.5, 0.6) is 0 Å². The topological polar surface area (TPSA) is 174 Å². The number of esters is 1. The van der Waals surface area contributed by atoms with E-state index in [1.165, 1.54) is 13.2 Å². The number of H-pyrrole nitrogens is 2. The molecular formula is C35H39N4O7-. The number of amides is 1. The number of methoxy groups -OCH3 is 1. The fourth-order valence-corrected chi connectivity index (χ4v) is 7.35. The summed E-state index contributed by atoms with van der Waals surface area (Å²) in [4.78, 5) is 74.6. The Morgan fingerprint density at radius 1 is 1.11 bits per heavy atom. The normalized spacial score (nSPS) is 23.9. The minimum atomic E-state index is -1.27. The molecule has 4 heterocycles. The molecule has 11 nitrogen and oxygen atoms in total. The molecule has 3 N–H and O–H groups in total. The number of nitrogens with one attached hydrogen (secondary N) is 3. The van der Waals surface area contributed by atoms with Crippen molar-refractivity contribution in [3.05, 3.63) is 74.5 Å². The third-order valence-corrected chi connectivity index (χ3v) is 9.98. The lowest BCUT2D eigenvalue weighted by Crippen LogP contribution is -2.32. The molecule has 2 aliphatic heterocycles. The number of aromatic amines is 2. The molecule has 0 bridgehead atoms. The zero-order valence-corrected chi connectivity index (χ0v) is 27.0. The fraction of sp³-hybridized carbons (Fsp3) is 0.429. The van der Waals surface area contributed by atoms with Crippen molar-refractivity contribution in [2.45, 2.75) is 72.8 Å².